The van der Waals surface area contributed by atoms with Crippen molar-refractivity contribution in [3.8, 4) is 0 Å². The van der Waals surface area contributed by atoms with E-state index in [1.165, 1.54) is 6.92 Å². The minimum atomic E-state index is -0.495. The molecular formula is C11H9ClIN4O3Y-. The van der Waals surface area contributed by atoms with E-state index in [-0.39, 0.29) is 49.9 Å². The fourth-order valence-corrected chi connectivity index (χ4v) is 2.93. The Kier molecular flexibility index (Phi) is 5.92. The van der Waals surface area contributed by atoms with Gasteiger partial charge in [-0.1, -0.05) is 11.6 Å². The molecule has 0 amide bonds. The largest absolute Gasteiger partial charge is 0.458 e. The molecule has 1 radical (unpaired) electrons. The molecule has 0 bridgehead atoms. The number of halogens is 2. The summed E-state index contributed by atoms with van der Waals surface area (Å²) in [7, 11) is 0. The number of carbonyl (C=O) groups excluding carboxylic acids is 1. The number of nitrogens with zero attached hydrogens (tertiary/aromatic N) is 4. The van der Waals surface area contributed by atoms with Gasteiger partial charge in [-0.3, -0.25) is 9.78 Å². The van der Waals surface area contributed by atoms with Gasteiger partial charge < -0.3 is 19.0 Å². The first-order valence-electron chi connectivity index (χ1n) is 5.83. The summed E-state index contributed by atoms with van der Waals surface area (Å²) in [5.74, 6) is -0.350. The summed E-state index contributed by atoms with van der Waals surface area (Å²) in [6, 6.07) is 0. The summed E-state index contributed by atoms with van der Waals surface area (Å²) in [5, 5.41) is 0.261. The van der Waals surface area contributed by atoms with Gasteiger partial charge in [0.15, 0.2) is 10.1 Å². The summed E-state index contributed by atoms with van der Waals surface area (Å²) in [4.78, 5) is 23.5. The molecule has 0 spiro atoms. The van der Waals surface area contributed by atoms with E-state index in [2.05, 4.69) is 21.3 Å². The quantitative estimate of drug-likeness (QED) is 0.207. The van der Waals surface area contributed by atoms with Crippen molar-refractivity contribution in [2.45, 2.75) is 25.7 Å². The van der Waals surface area contributed by atoms with Crippen molar-refractivity contribution < 1.29 is 47.0 Å². The number of aromatic nitrogens is 4. The summed E-state index contributed by atoms with van der Waals surface area (Å²) in [6.07, 6.45) is 2.53. The van der Waals surface area contributed by atoms with E-state index < -0.39 is 6.23 Å². The van der Waals surface area contributed by atoms with Gasteiger partial charge in [-0.05, 0) is 5.52 Å². The Labute approximate surface area is 164 Å². The number of fused-ring (bicyclic) bond motifs is 1. The average Bonchev–Trinajstić information content (AvgIpc) is 2.94. The van der Waals surface area contributed by atoms with Crippen LogP contribution < -0.4 is 0 Å². The van der Waals surface area contributed by atoms with E-state index in [4.69, 9.17) is 21.1 Å². The Hall–Kier alpha value is 0.104. The van der Waals surface area contributed by atoms with E-state index >= 15 is 0 Å². The topological polar surface area (TPSA) is 79.1 Å². The van der Waals surface area contributed by atoms with Crippen LogP contribution in [0.1, 0.15) is 19.6 Å². The Balaban J connectivity index is 0.00000161. The fourth-order valence-electron chi connectivity index (χ4n) is 2.11. The number of hydrogen-bond acceptors (Lipinski definition) is 6. The first kappa shape index (κ1) is 17.5. The fraction of sp³-hybridized carbons (Fsp3) is 0.455. The van der Waals surface area contributed by atoms with Gasteiger partial charge in [0.25, 0.3) is 0 Å². The van der Waals surface area contributed by atoms with Gasteiger partial charge in [0.2, 0.25) is 0 Å². The van der Waals surface area contributed by atoms with Crippen LogP contribution in [-0.2, 0) is 47.0 Å². The molecule has 1 aliphatic heterocycles. The molecule has 0 aromatic carbocycles. The number of carbonyl (C=O) groups is 1. The van der Waals surface area contributed by atoms with Crippen LogP contribution in [0, 0.1) is 10.2 Å². The van der Waals surface area contributed by atoms with Crippen molar-refractivity contribution in [2.75, 3.05) is 6.61 Å². The maximum absolute atomic E-state index is 11.1. The maximum atomic E-state index is 11.1. The second-order valence-electron chi connectivity index (χ2n) is 4.24. The molecule has 7 nitrogen and oxygen atoms in total. The van der Waals surface area contributed by atoms with Crippen molar-refractivity contribution in [1.82, 2.24) is 19.5 Å². The molecule has 1 saturated heterocycles. The third-order valence-electron chi connectivity index (χ3n) is 2.87. The average molecular weight is 496 g/mol. The van der Waals surface area contributed by atoms with E-state index in [0.717, 1.165) is 0 Å². The zero-order chi connectivity index (χ0) is 14.3. The zero-order valence-electron chi connectivity index (χ0n) is 10.9. The van der Waals surface area contributed by atoms with E-state index in [1.54, 1.807) is 4.57 Å². The van der Waals surface area contributed by atoms with Crippen LogP contribution in [0.25, 0.3) is 11.2 Å². The molecule has 21 heavy (non-hydrogen) atoms. The smallest absolute Gasteiger partial charge is 0.303 e. The molecule has 1 aliphatic rings. The molecule has 0 saturated carbocycles. The minimum absolute atomic E-state index is 0. The van der Waals surface area contributed by atoms with Crippen LogP contribution in [0.4, 0.5) is 0 Å². The van der Waals surface area contributed by atoms with Crippen LogP contribution in [0.3, 0.4) is 0 Å². The van der Waals surface area contributed by atoms with Crippen molar-refractivity contribution in [1.29, 1.82) is 0 Å². The number of ether oxygens (including phenoxy) is 2. The molecular weight excluding hydrogens is 487 g/mol. The normalized spacial score (nSPS) is 21.3. The molecule has 0 unspecified atom stereocenters. The molecule has 1 fully saturated rings. The van der Waals surface area contributed by atoms with Gasteiger partial charge >= 0.3 is 5.97 Å². The van der Waals surface area contributed by atoms with Gasteiger partial charge in [0.1, 0.15) is 6.10 Å². The van der Waals surface area contributed by atoms with E-state index in [0.29, 0.717) is 28.0 Å². The Morgan fingerprint density at radius 3 is 3.05 bits per heavy atom. The van der Waals surface area contributed by atoms with Crippen molar-refractivity contribution >= 4 is 51.3 Å². The third kappa shape index (κ3) is 3.55. The molecule has 2 atom stereocenters. The SMILES string of the molecule is CC(=O)O[C@H]1CCO[C@H]1n1[c-]nc2c(Cl)nc(I)nc21.[Y]. The predicted molar refractivity (Wildman–Crippen MR) is 77.0 cm³/mol. The maximum Gasteiger partial charge on any atom is 0.303 e. The van der Waals surface area contributed by atoms with E-state index in [9.17, 15) is 4.79 Å². The van der Waals surface area contributed by atoms with Crippen molar-refractivity contribution in [2.24, 2.45) is 0 Å². The van der Waals surface area contributed by atoms with Gasteiger partial charge in [-0.15, -0.1) is 0 Å². The minimum Gasteiger partial charge on any atom is -0.458 e. The van der Waals surface area contributed by atoms with Gasteiger partial charge in [0.05, 0.1) is 11.8 Å². The molecule has 3 heterocycles. The van der Waals surface area contributed by atoms with Crippen LogP contribution in [0.2, 0.25) is 5.15 Å². The molecule has 10 heteroatoms. The van der Waals surface area contributed by atoms with E-state index in [1.807, 2.05) is 22.6 Å². The molecule has 0 aliphatic carbocycles. The van der Waals surface area contributed by atoms with Crippen LogP contribution >= 0.6 is 34.2 Å². The van der Waals surface area contributed by atoms with Gasteiger partial charge in [-0.25, -0.2) is 4.98 Å². The van der Waals surface area contributed by atoms with Crippen molar-refractivity contribution in [3.63, 3.8) is 0 Å². The molecule has 0 N–H and O–H groups in total. The predicted octanol–water partition coefficient (Wildman–Crippen LogP) is 1.73. The van der Waals surface area contributed by atoms with Crippen LogP contribution in [0.5, 0.6) is 0 Å². The van der Waals surface area contributed by atoms with Crippen LogP contribution in [0.15, 0.2) is 0 Å². The van der Waals surface area contributed by atoms with Crippen molar-refractivity contribution in [3.05, 3.63) is 15.3 Å². The van der Waals surface area contributed by atoms with Crippen LogP contribution in [-0.4, -0.2) is 38.2 Å². The second-order valence-corrected chi connectivity index (χ2v) is 5.56. The zero-order valence-corrected chi connectivity index (χ0v) is 16.7. The summed E-state index contributed by atoms with van der Waals surface area (Å²) in [5.41, 5.74) is 0.961. The molecule has 2 aromatic rings. The first-order valence-corrected chi connectivity index (χ1v) is 7.29. The number of hydrogen-bond donors (Lipinski definition) is 0. The summed E-state index contributed by atoms with van der Waals surface area (Å²) >= 11 is 7.99. The summed E-state index contributed by atoms with van der Waals surface area (Å²) < 4.78 is 13.0. The Morgan fingerprint density at radius 1 is 1.57 bits per heavy atom. The Bertz CT molecular complexity index is 683. The number of imidazole rings is 1. The Morgan fingerprint density at radius 2 is 2.33 bits per heavy atom. The number of esters is 1. The second kappa shape index (κ2) is 7.12. The summed E-state index contributed by atoms with van der Waals surface area (Å²) in [6.45, 7) is 1.86. The number of rotatable bonds is 2. The van der Waals surface area contributed by atoms with Gasteiger partial charge in [0, 0.05) is 80.6 Å². The monoisotopic (exact) mass is 496 g/mol. The standard InChI is InChI=1S/C11H9ClIN4O3.Y/c1-5(18)20-6-2-3-19-10(6)17-4-14-7-8(12)15-11(13)16-9(7)17;/h6,10H,2-3H2,1H3;/q-1;/t6-,10+;/m0./s1. The first-order chi connectivity index (χ1) is 9.56. The third-order valence-corrected chi connectivity index (χ3v) is 3.62. The van der Waals surface area contributed by atoms with Gasteiger partial charge in [-0.2, -0.15) is 0 Å². The molecule has 3 rings (SSSR count). The molecule has 2 aromatic heterocycles. The molecule has 109 valence electrons.